The molecule has 0 fully saturated rings. The summed E-state index contributed by atoms with van der Waals surface area (Å²) in [5, 5.41) is 0. The van der Waals surface area contributed by atoms with E-state index in [0.717, 1.165) is 11.4 Å². The molecule has 0 aromatic heterocycles. The topological polar surface area (TPSA) is 12.5 Å². The largest absolute Gasteiger partial charge is 0.497 e. The van der Waals surface area contributed by atoms with Gasteiger partial charge in [0.15, 0.2) is 0 Å². The molecule has 2 nitrogen and oxygen atoms in total. The number of fused-ring (bicyclic) bond motifs is 2. The van der Waals surface area contributed by atoms with E-state index in [4.69, 9.17) is 4.74 Å². The molecule has 0 atom stereocenters. The molecule has 0 aliphatic carbocycles. The molecule has 0 radical (unpaired) electrons. The lowest BCUT2D eigenvalue weighted by Gasteiger charge is -2.35. The van der Waals surface area contributed by atoms with Gasteiger partial charge in [0.1, 0.15) is 5.75 Å². The summed E-state index contributed by atoms with van der Waals surface area (Å²) in [7, 11) is 1.70. The molecule has 120 valence electrons. The van der Waals surface area contributed by atoms with Crippen molar-refractivity contribution in [3.8, 4) is 5.75 Å². The summed E-state index contributed by atoms with van der Waals surface area (Å²) in [6.45, 7) is 4.36. The van der Waals surface area contributed by atoms with E-state index < -0.39 is 0 Å². The van der Waals surface area contributed by atoms with Gasteiger partial charge in [-0.1, -0.05) is 36.0 Å². The average Bonchev–Trinajstić information content (AvgIpc) is 2.61. The molecule has 4 rings (SSSR count). The van der Waals surface area contributed by atoms with E-state index in [1.807, 2.05) is 23.9 Å². The van der Waals surface area contributed by atoms with Crippen LogP contribution in [0.25, 0.3) is 0 Å². The first-order valence-electron chi connectivity index (χ1n) is 8.00. The van der Waals surface area contributed by atoms with Gasteiger partial charge in [-0.05, 0) is 61.4 Å². The predicted molar refractivity (Wildman–Crippen MR) is 101 cm³/mol. The van der Waals surface area contributed by atoms with Gasteiger partial charge in [0.05, 0.1) is 18.5 Å². The molecule has 0 amide bonds. The van der Waals surface area contributed by atoms with Crippen LogP contribution in [0.3, 0.4) is 0 Å². The van der Waals surface area contributed by atoms with Crippen LogP contribution in [0.1, 0.15) is 11.1 Å². The molecule has 24 heavy (non-hydrogen) atoms. The SMILES string of the molecule is COc1ccc(N2c3c(C)cccc3Sc3cccc(C)c32)cc1. The van der Waals surface area contributed by atoms with Gasteiger partial charge in [0.2, 0.25) is 0 Å². The van der Waals surface area contributed by atoms with Crippen LogP contribution >= 0.6 is 11.8 Å². The van der Waals surface area contributed by atoms with Crippen molar-refractivity contribution in [3.63, 3.8) is 0 Å². The van der Waals surface area contributed by atoms with Crippen molar-refractivity contribution in [2.45, 2.75) is 23.6 Å². The van der Waals surface area contributed by atoms with Gasteiger partial charge in [-0.2, -0.15) is 0 Å². The summed E-state index contributed by atoms with van der Waals surface area (Å²) in [6, 6.07) is 21.3. The minimum Gasteiger partial charge on any atom is -0.497 e. The molecule has 0 saturated heterocycles. The first-order valence-corrected chi connectivity index (χ1v) is 8.82. The third-order valence-corrected chi connectivity index (χ3v) is 5.50. The lowest BCUT2D eigenvalue weighted by molar-refractivity contribution is 0.415. The highest BCUT2D eigenvalue weighted by Gasteiger charge is 2.27. The smallest absolute Gasteiger partial charge is 0.119 e. The molecule has 3 aromatic rings. The van der Waals surface area contributed by atoms with Crippen LogP contribution in [-0.4, -0.2) is 7.11 Å². The molecule has 0 N–H and O–H groups in total. The third kappa shape index (κ3) is 2.36. The summed E-state index contributed by atoms with van der Waals surface area (Å²) in [5.41, 5.74) is 6.26. The van der Waals surface area contributed by atoms with Crippen LogP contribution in [-0.2, 0) is 0 Å². The summed E-state index contributed by atoms with van der Waals surface area (Å²) in [5.74, 6) is 0.875. The lowest BCUT2D eigenvalue weighted by Crippen LogP contribution is -2.17. The molecule has 0 unspecified atom stereocenters. The average molecular weight is 333 g/mol. The second-order valence-corrected chi connectivity index (χ2v) is 7.06. The van der Waals surface area contributed by atoms with E-state index in [9.17, 15) is 0 Å². The maximum Gasteiger partial charge on any atom is 0.119 e. The fraction of sp³-hybridized carbons (Fsp3) is 0.143. The molecular weight excluding hydrogens is 314 g/mol. The van der Waals surface area contributed by atoms with Gasteiger partial charge in [-0.3, -0.25) is 0 Å². The first kappa shape index (κ1) is 15.2. The number of aryl methyl sites for hydroxylation is 2. The summed E-state index contributed by atoms with van der Waals surface area (Å²) >= 11 is 1.85. The van der Waals surface area contributed by atoms with E-state index in [1.54, 1.807) is 7.11 Å². The Morgan fingerprint density at radius 3 is 1.79 bits per heavy atom. The van der Waals surface area contributed by atoms with Crippen molar-refractivity contribution in [3.05, 3.63) is 71.8 Å². The Balaban J connectivity index is 1.97. The Kier molecular flexibility index (Phi) is 3.73. The monoisotopic (exact) mass is 333 g/mol. The summed E-state index contributed by atoms with van der Waals surface area (Å²) in [6.07, 6.45) is 0. The molecule has 3 aromatic carbocycles. The third-order valence-electron chi connectivity index (χ3n) is 4.40. The molecule has 0 bridgehead atoms. The van der Waals surface area contributed by atoms with Crippen LogP contribution in [0.15, 0.2) is 70.5 Å². The second kappa shape index (κ2) is 5.91. The number of hydrogen-bond acceptors (Lipinski definition) is 3. The zero-order valence-corrected chi connectivity index (χ0v) is 14.9. The van der Waals surface area contributed by atoms with E-state index in [0.29, 0.717) is 0 Å². The van der Waals surface area contributed by atoms with E-state index in [1.165, 1.54) is 32.3 Å². The van der Waals surface area contributed by atoms with E-state index in [-0.39, 0.29) is 0 Å². The van der Waals surface area contributed by atoms with Gasteiger partial charge in [0, 0.05) is 15.5 Å². The van der Waals surface area contributed by atoms with Gasteiger partial charge in [0.25, 0.3) is 0 Å². The number of hydrogen-bond donors (Lipinski definition) is 0. The molecular formula is C21H19NOS. The Morgan fingerprint density at radius 2 is 1.29 bits per heavy atom. The minimum atomic E-state index is 0.875. The minimum absolute atomic E-state index is 0.875. The highest BCUT2D eigenvalue weighted by Crippen LogP contribution is 2.53. The highest BCUT2D eigenvalue weighted by atomic mass is 32.2. The number of rotatable bonds is 2. The number of anilines is 3. The highest BCUT2D eigenvalue weighted by molar-refractivity contribution is 7.99. The molecule has 3 heteroatoms. The van der Waals surface area contributed by atoms with E-state index in [2.05, 4.69) is 67.3 Å². The zero-order chi connectivity index (χ0) is 16.7. The van der Waals surface area contributed by atoms with Crippen LogP contribution in [0, 0.1) is 13.8 Å². The van der Waals surface area contributed by atoms with Crippen molar-refractivity contribution in [2.24, 2.45) is 0 Å². The normalized spacial score (nSPS) is 12.5. The van der Waals surface area contributed by atoms with Crippen LogP contribution in [0.2, 0.25) is 0 Å². The fourth-order valence-corrected chi connectivity index (χ4v) is 4.45. The number of nitrogens with zero attached hydrogens (tertiary/aromatic N) is 1. The van der Waals surface area contributed by atoms with Gasteiger partial charge in [-0.25, -0.2) is 0 Å². The van der Waals surface area contributed by atoms with Crippen molar-refractivity contribution >= 4 is 28.8 Å². The summed E-state index contributed by atoms with van der Waals surface area (Å²) < 4.78 is 5.32. The number of ether oxygens (including phenoxy) is 1. The quantitative estimate of drug-likeness (QED) is 0.430. The molecule has 0 saturated carbocycles. The Bertz CT molecular complexity index is 851. The van der Waals surface area contributed by atoms with Gasteiger partial charge in [-0.15, -0.1) is 0 Å². The lowest BCUT2D eigenvalue weighted by atomic mass is 10.1. The Hall–Kier alpha value is -2.39. The van der Waals surface area contributed by atoms with E-state index >= 15 is 0 Å². The van der Waals surface area contributed by atoms with Gasteiger partial charge >= 0.3 is 0 Å². The zero-order valence-electron chi connectivity index (χ0n) is 14.0. The van der Waals surface area contributed by atoms with Crippen molar-refractivity contribution in [1.29, 1.82) is 0 Å². The van der Waals surface area contributed by atoms with Crippen molar-refractivity contribution in [2.75, 3.05) is 12.0 Å². The summed E-state index contributed by atoms with van der Waals surface area (Å²) in [4.78, 5) is 4.97. The Labute approximate surface area is 147 Å². The number of methoxy groups -OCH3 is 1. The maximum atomic E-state index is 5.32. The van der Waals surface area contributed by atoms with Crippen LogP contribution in [0.5, 0.6) is 5.75 Å². The molecule has 1 aliphatic rings. The second-order valence-electron chi connectivity index (χ2n) is 5.98. The van der Waals surface area contributed by atoms with Crippen molar-refractivity contribution < 1.29 is 4.74 Å². The first-order chi connectivity index (χ1) is 11.7. The standard InChI is InChI=1S/C21H19NOS/c1-14-6-4-8-18-20(14)22(16-10-12-17(23-3)13-11-16)21-15(2)7-5-9-19(21)24-18/h4-13H,1-3H3. The molecule has 0 spiro atoms. The predicted octanol–water partition coefficient (Wildman–Crippen LogP) is 6.25. The van der Waals surface area contributed by atoms with Gasteiger partial charge < -0.3 is 9.64 Å². The van der Waals surface area contributed by atoms with Crippen molar-refractivity contribution in [1.82, 2.24) is 0 Å². The molecule has 1 aliphatic heterocycles. The number of benzene rings is 3. The number of para-hydroxylation sites is 2. The maximum absolute atomic E-state index is 5.32. The molecule has 1 heterocycles. The fourth-order valence-electron chi connectivity index (χ4n) is 3.22. The Morgan fingerprint density at radius 1 is 0.750 bits per heavy atom. The van der Waals surface area contributed by atoms with Crippen LogP contribution < -0.4 is 9.64 Å². The van der Waals surface area contributed by atoms with Crippen LogP contribution in [0.4, 0.5) is 17.1 Å².